The van der Waals surface area contributed by atoms with E-state index in [2.05, 4.69) is 0 Å². The molecule has 0 aromatic heterocycles. The quantitative estimate of drug-likeness (QED) is 0.245. The van der Waals surface area contributed by atoms with Crippen molar-refractivity contribution in [3.8, 4) is 11.5 Å². The summed E-state index contributed by atoms with van der Waals surface area (Å²) in [4.78, 5) is 47.5. The lowest BCUT2D eigenvalue weighted by molar-refractivity contribution is -0.139. The molecule has 0 aliphatic carbocycles. The predicted octanol–water partition coefficient (Wildman–Crippen LogP) is 4.23. The van der Waals surface area contributed by atoms with E-state index in [1.807, 2.05) is 20.8 Å². The van der Waals surface area contributed by atoms with Crippen LogP contribution in [-0.2, 0) is 23.7 Å². The Labute approximate surface area is 209 Å². The number of ether oxygens (including phenoxy) is 6. The summed E-state index contributed by atoms with van der Waals surface area (Å²) in [6.07, 6.45) is -3.79. The van der Waals surface area contributed by atoms with Crippen molar-refractivity contribution >= 4 is 24.4 Å². The van der Waals surface area contributed by atoms with Crippen LogP contribution < -0.4 is 15.2 Å². The van der Waals surface area contributed by atoms with Gasteiger partial charge in [-0.15, -0.1) is 0 Å². The van der Waals surface area contributed by atoms with Crippen LogP contribution >= 0.6 is 0 Å². The number of hydrogen-bond donors (Lipinski definition) is 2. The molecule has 12 nitrogen and oxygen atoms in total. The number of carbonyl (C=O) groups is 4. The van der Waals surface area contributed by atoms with Gasteiger partial charge in [0, 0.05) is 5.92 Å². The minimum Gasteiger partial charge on any atom is -0.480 e. The molecule has 0 aliphatic rings. The minimum absolute atomic E-state index is 0.00495. The van der Waals surface area contributed by atoms with Crippen LogP contribution in [0.25, 0.3) is 0 Å². The van der Waals surface area contributed by atoms with Crippen LogP contribution in [0.15, 0.2) is 18.2 Å². The zero-order valence-corrected chi connectivity index (χ0v) is 21.4. The Morgan fingerprint density at radius 3 is 1.97 bits per heavy atom. The van der Waals surface area contributed by atoms with Crippen molar-refractivity contribution in [1.82, 2.24) is 0 Å². The molecule has 2 unspecified atom stereocenters. The second-order valence-corrected chi connectivity index (χ2v) is 9.01. The van der Waals surface area contributed by atoms with E-state index in [1.165, 1.54) is 18.2 Å². The lowest BCUT2D eigenvalue weighted by Crippen LogP contribution is -2.38. The third-order valence-electron chi connectivity index (χ3n) is 4.53. The second-order valence-electron chi connectivity index (χ2n) is 9.01. The maximum absolute atomic E-state index is 12.0. The van der Waals surface area contributed by atoms with Gasteiger partial charge in [0.05, 0.1) is 19.8 Å². The molecule has 0 fully saturated rings. The predicted molar refractivity (Wildman–Crippen MR) is 126 cm³/mol. The first-order chi connectivity index (χ1) is 16.8. The second kappa shape index (κ2) is 14.1. The first-order valence-electron chi connectivity index (χ1n) is 11.4. The Balaban J connectivity index is 3.22. The smallest absolute Gasteiger partial charge is 0.480 e. The van der Waals surface area contributed by atoms with E-state index in [4.69, 9.17) is 34.2 Å². The Hall–Kier alpha value is -3.54. The van der Waals surface area contributed by atoms with Crippen molar-refractivity contribution in [3.63, 3.8) is 0 Å². The highest BCUT2D eigenvalue weighted by Gasteiger charge is 2.30. The molecule has 0 heterocycles. The van der Waals surface area contributed by atoms with E-state index in [0.717, 1.165) is 0 Å². The molecule has 36 heavy (non-hydrogen) atoms. The van der Waals surface area contributed by atoms with Crippen LogP contribution in [0.3, 0.4) is 0 Å². The average Bonchev–Trinajstić information content (AvgIpc) is 2.76. The third kappa shape index (κ3) is 10.8. The van der Waals surface area contributed by atoms with E-state index in [0.29, 0.717) is 5.56 Å². The van der Waals surface area contributed by atoms with Gasteiger partial charge in [0.2, 0.25) is 0 Å². The van der Waals surface area contributed by atoms with Gasteiger partial charge >= 0.3 is 24.4 Å². The Bertz CT molecular complexity index is 910. The number of carbonyl (C=O) groups excluding carboxylic acids is 3. The Kier molecular flexibility index (Phi) is 12.0. The zero-order chi connectivity index (χ0) is 27.5. The summed E-state index contributed by atoms with van der Waals surface area (Å²) >= 11 is 0. The highest BCUT2D eigenvalue weighted by atomic mass is 16.7. The van der Waals surface area contributed by atoms with Gasteiger partial charge in [-0.2, -0.15) is 0 Å². The maximum atomic E-state index is 12.0. The normalized spacial score (nSPS) is 13.5. The summed E-state index contributed by atoms with van der Waals surface area (Å²) in [6, 6.07) is 2.63. The van der Waals surface area contributed by atoms with Gasteiger partial charge in [0.1, 0.15) is 12.1 Å². The summed E-state index contributed by atoms with van der Waals surface area (Å²) in [5, 5.41) is 9.55. The highest BCUT2D eigenvalue weighted by Crippen LogP contribution is 2.35. The monoisotopic (exact) mass is 513 g/mol. The average molecular weight is 514 g/mol. The van der Waals surface area contributed by atoms with Crippen LogP contribution in [0.5, 0.6) is 11.5 Å². The van der Waals surface area contributed by atoms with E-state index >= 15 is 0 Å². The molecule has 0 spiro atoms. The molecule has 3 N–H and O–H groups in total. The first-order valence-corrected chi connectivity index (χ1v) is 11.4. The van der Waals surface area contributed by atoms with Crippen molar-refractivity contribution in [3.05, 3.63) is 23.8 Å². The molecule has 0 saturated carbocycles. The molecule has 1 rings (SSSR count). The van der Waals surface area contributed by atoms with Crippen molar-refractivity contribution < 1.29 is 52.7 Å². The standard InChI is InChI=1S/C24H35NO11/c1-7-31-21(28)35-17-10-9-15(12-18(17)36-22(29)32-8-2)16(19(25)20(26)27)11-14(3)34-23(30)33-13-24(4,5)6/h9-10,12,14,16,19H,7-8,11,13,25H2,1-6H3,(H,26,27)/t14?,16?,19-/m0/s1. The van der Waals surface area contributed by atoms with Gasteiger partial charge in [-0.1, -0.05) is 26.8 Å². The summed E-state index contributed by atoms with van der Waals surface area (Å²) in [7, 11) is 0. The minimum atomic E-state index is -1.41. The maximum Gasteiger partial charge on any atom is 0.513 e. The largest absolute Gasteiger partial charge is 0.513 e. The van der Waals surface area contributed by atoms with Gasteiger partial charge < -0.3 is 39.3 Å². The molecule has 3 atom stereocenters. The Morgan fingerprint density at radius 2 is 1.47 bits per heavy atom. The van der Waals surface area contributed by atoms with Gasteiger partial charge in [-0.3, -0.25) is 4.79 Å². The van der Waals surface area contributed by atoms with Crippen LogP contribution in [-0.4, -0.2) is 61.5 Å². The molecule has 0 bridgehead atoms. The summed E-state index contributed by atoms with van der Waals surface area (Å²) in [5.41, 5.74) is 5.99. The van der Waals surface area contributed by atoms with E-state index < -0.39 is 42.5 Å². The van der Waals surface area contributed by atoms with E-state index in [1.54, 1.807) is 20.8 Å². The lowest BCUT2D eigenvalue weighted by Gasteiger charge is -2.25. The van der Waals surface area contributed by atoms with Crippen molar-refractivity contribution in [2.75, 3.05) is 19.8 Å². The highest BCUT2D eigenvalue weighted by molar-refractivity contribution is 5.75. The molecule has 0 aliphatic heterocycles. The Morgan fingerprint density at radius 1 is 0.917 bits per heavy atom. The van der Waals surface area contributed by atoms with Crippen LogP contribution in [0.4, 0.5) is 14.4 Å². The van der Waals surface area contributed by atoms with Gasteiger partial charge in [0.25, 0.3) is 0 Å². The number of carboxylic acids is 1. The first kappa shape index (κ1) is 30.5. The van der Waals surface area contributed by atoms with Gasteiger partial charge in [-0.25, -0.2) is 14.4 Å². The van der Waals surface area contributed by atoms with Gasteiger partial charge in [0.15, 0.2) is 11.5 Å². The summed E-state index contributed by atoms with van der Waals surface area (Å²) in [6.45, 7) is 10.6. The molecule has 1 aromatic rings. The molecule has 0 saturated heterocycles. The molecular formula is C24H35NO11. The number of benzene rings is 1. The fourth-order valence-electron chi connectivity index (χ4n) is 2.94. The number of nitrogens with two attached hydrogens (primary N) is 1. The van der Waals surface area contributed by atoms with E-state index in [9.17, 15) is 24.3 Å². The van der Waals surface area contributed by atoms with Crippen molar-refractivity contribution in [1.29, 1.82) is 0 Å². The van der Waals surface area contributed by atoms with E-state index in [-0.39, 0.29) is 43.2 Å². The number of rotatable bonds is 11. The fraction of sp³-hybridized carbons (Fsp3) is 0.583. The molecule has 0 radical (unpaired) electrons. The number of carboxylic acid groups (broad SMARTS) is 1. The van der Waals surface area contributed by atoms with Crippen LogP contribution in [0.1, 0.15) is 59.4 Å². The number of aliphatic carboxylic acids is 1. The third-order valence-corrected chi connectivity index (χ3v) is 4.53. The summed E-state index contributed by atoms with van der Waals surface area (Å²) < 4.78 is 30.1. The van der Waals surface area contributed by atoms with Gasteiger partial charge in [-0.05, 0) is 50.3 Å². The topological polar surface area (TPSA) is 170 Å². The molecule has 0 amide bonds. The molecule has 12 heteroatoms. The molecule has 202 valence electrons. The van der Waals surface area contributed by atoms with Crippen molar-refractivity contribution in [2.24, 2.45) is 11.1 Å². The SMILES string of the molecule is CCOC(=O)Oc1ccc(C(CC(C)OC(=O)OCC(C)(C)C)[C@H](N)C(=O)O)cc1OC(=O)OCC. The summed E-state index contributed by atoms with van der Waals surface area (Å²) in [5.74, 6) is -2.58. The van der Waals surface area contributed by atoms with Crippen molar-refractivity contribution in [2.45, 2.75) is 66.0 Å². The fourth-order valence-corrected chi connectivity index (χ4v) is 2.94. The lowest BCUT2D eigenvalue weighted by atomic mass is 9.87. The molecule has 1 aromatic carbocycles. The number of hydrogen-bond acceptors (Lipinski definition) is 11. The van der Waals surface area contributed by atoms with Crippen LogP contribution in [0, 0.1) is 5.41 Å². The zero-order valence-electron chi connectivity index (χ0n) is 21.4. The van der Waals surface area contributed by atoms with Crippen LogP contribution in [0.2, 0.25) is 0 Å². The molecular weight excluding hydrogens is 478 g/mol.